The zero-order valence-electron chi connectivity index (χ0n) is 14.5. The van der Waals surface area contributed by atoms with Gasteiger partial charge in [0.2, 0.25) is 0 Å². The minimum Gasteiger partial charge on any atom is -0.314 e. The zero-order valence-corrected chi connectivity index (χ0v) is 16.0. The first kappa shape index (κ1) is 17.4. The summed E-state index contributed by atoms with van der Waals surface area (Å²) in [6.07, 6.45) is 4.13. The number of rotatable bonds is 5. The van der Waals surface area contributed by atoms with Crippen molar-refractivity contribution in [2.45, 2.75) is 35.1 Å². The molecule has 2 nitrogen and oxygen atoms in total. The van der Waals surface area contributed by atoms with Gasteiger partial charge in [-0.1, -0.05) is 48.0 Å². The van der Waals surface area contributed by atoms with Gasteiger partial charge in [0, 0.05) is 47.0 Å². The third kappa shape index (κ3) is 4.06. The van der Waals surface area contributed by atoms with E-state index in [1.807, 2.05) is 23.9 Å². The van der Waals surface area contributed by atoms with E-state index < -0.39 is 0 Å². The number of hydrogen-bond donors (Lipinski definition) is 1. The second-order valence-corrected chi connectivity index (χ2v) is 8.57. The van der Waals surface area contributed by atoms with E-state index in [1.165, 1.54) is 34.6 Å². The highest BCUT2D eigenvalue weighted by atomic mass is 35.5. The first-order valence-electron chi connectivity index (χ1n) is 9.28. The van der Waals surface area contributed by atoms with Crippen LogP contribution in [-0.2, 0) is 0 Å². The molecule has 2 aromatic rings. The fraction of sp³-hybridized carbons (Fsp3) is 0.429. The van der Waals surface area contributed by atoms with Gasteiger partial charge in [0.1, 0.15) is 0 Å². The number of halogens is 1. The summed E-state index contributed by atoms with van der Waals surface area (Å²) in [5.74, 6) is 0.810. The molecule has 1 aliphatic carbocycles. The van der Waals surface area contributed by atoms with Crippen LogP contribution in [0.25, 0.3) is 0 Å². The van der Waals surface area contributed by atoms with Crippen LogP contribution in [0.5, 0.6) is 0 Å². The minimum atomic E-state index is 0.562. The molecular formula is C21H25ClN2S. The van der Waals surface area contributed by atoms with Crippen molar-refractivity contribution in [3.63, 3.8) is 0 Å². The van der Waals surface area contributed by atoms with Crippen LogP contribution >= 0.6 is 23.4 Å². The minimum absolute atomic E-state index is 0.562. The van der Waals surface area contributed by atoms with Crippen LogP contribution in [0.4, 0.5) is 0 Å². The number of hydrogen-bond acceptors (Lipinski definition) is 3. The highest BCUT2D eigenvalue weighted by Gasteiger charge is 2.34. The fourth-order valence-electron chi connectivity index (χ4n) is 3.91. The fourth-order valence-corrected chi connectivity index (χ4v) is 5.02. The van der Waals surface area contributed by atoms with Crippen molar-refractivity contribution in [2.75, 3.05) is 26.2 Å². The second-order valence-electron chi connectivity index (χ2n) is 7.02. The summed E-state index contributed by atoms with van der Waals surface area (Å²) in [6.45, 7) is 4.52. The van der Waals surface area contributed by atoms with Crippen molar-refractivity contribution < 1.29 is 0 Å². The van der Waals surface area contributed by atoms with Gasteiger partial charge in [-0.15, -0.1) is 0 Å². The Morgan fingerprint density at radius 1 is 1.00 bits per heavy atom. The van der Waals surface area contributed by atoms with Gasteiger partial charge in [0.05, 0.1) is 0 Å². The Hall–Kier alpha value is -1.00. The third-order valence-electron chi connectivity index (χ3n) is 5.42. The summed E-state index contributed by atoms with van der Waals surface area (Å²) in [4.78, 5) is 5.35. The molecule has 0 unspecified atom stereocenters. The number of piperazine rings is 1. The molecule has 1 atom stereocenters. The van der Waals surface area contributed by atoms with Crippen molar-refractivity contribution >= 4 is 23.4 Å². The maximum Gasteiger partial charge on any atom is 0.0406 e. The van der Waals surface area contributed by atoms with Gasteiger partial charge in [-0.05, 0) is 54.7 Å². The van der Waals surface area contributed by atoms with Gasteiger partial charge < -0.3 is 5.32 Å². The Morgan fingerprint density at radius 2 is 1.72 bits per heavy atom. The highest BCUT2D eigenvalue weighted by molar-refractivity contribution is 7.99. The molecule has 1 saturated heterocycles. The summed E-state index contributed by atoms with van der Waals surface area (Å²) in [6, 6.07) is 17.8. The average molecular weight is 373 g/mol. The quantitative estimate of drug-likeness (QED) is 0.772. The Kier molecular flexibility index (Phi) is 5.66. The van der Waals surface area contributed by atoms with Crippen LogP contribution < -0.4 is 5.32 Å². The van der Waals surface area contributed by atoms with Crippen molar-refractivity contribution in [2.24, 2.45) is 5.92 Å². The Morgan fingerprint density at radius 3 is 2.40 bits per heavy atom. The van der Waals surface area contributed by atoms with Crippen molar-refractivity contribution in [3.8, 4) is 0 Å². The third-order valence-corrected chi connectivity index (χ3v) is 6.77. The van der Waals surface area contributed by atoms with E-state index in [2.05, 4.69) is 46.6 Å². The number of benzene rings is 2. The van der Waals surface area contributed by atoms with E-state index in [1.54, 1.807) is 0 Å². The molecule has 0 amide bonds. The monoisotopic (exact) mass is 372 g/mol. The Labute approximate surface area is 159 Å². The predicted octanol–water partition coefficient (Wildman–Crippen LogP) is 5.24. The van der Waals surface area contributed by atoms with E-state index in [0.717, 1.165) is 37.1 Å². The molecule has 1 saturated carbocycles. The van der Waals surface area contributed by atoms with E-state index in [4.69, 9.17) is 11.6 Å². The second kappa shape index (κ2) is 8.13. The Bertz CT molecular complexity index is 693. The lowest BCUT2D eigenvalue weighted by atomic mass is 9.76. The average Bonchev–Trinajstić information content (AvgIpc) is 2.61. The van der Waals surface area contributed by atoms with Crippen molar-refractivity contribution in [1.82, 2.24) is 10.2 Å². The molecule has 4 heteroatoms. The lowest BCUT2D eigenvalue weighted by Gasteiger charge is -2.43. The highest BCUT2D eigenvalue weighted by Crippen LogP contribution is 2.45. The summed E-state index contributed by atoms with van der Waals surface area (Å²) >= 11 is 7.91. The molecule has 2 aromatic carbocycles. The zero-order chi connectivity index (χ0) is 17.1. The molecule has 1 aliphatic heterocycles. The molecule has 25 heavy (non-hydrogen) atoms. The SMILES string of the molecule is Clc1ccc(Sc2ccccc2[C@@H](C2CCC2)N2CCNCC2)cc1. The van der Waals surface area contributed by atoms with E-state index in [-0.39, 0.29) is 0 Å². The molecule has 2 fully saturated rings. The van der Waals surface area contributed by atoms with Gasteiger partial charge in [-0.2, -0.15) is 0 Å². The predicted molar refractivity (Wildman–Crippen MR) is 107 cm³/mol. The van der Waals surface area contributed by atoms with E-state index in [9.17, 15) is 0 Å². The lowest BCUT2D eigenvalue weighted by molar-refractivity contribution is 0.0820. The molecule has 1 heterocycles. The maximum absolute atomic E-state index is 6.04. The van der Waals surface area contributed by atoms with Crippen molar-refractivity contribution in [1.29, 1.82) is 0 Å². The van der Waals surface area contributed by atoms with Gasteiger partial charge in [-0.25, -0.2) is 0 Å². The first-order chi connectivity index (χ1) is 12.3. The molecular weight excluding hydrogens is 348 g/mol. The topological polar surface area (TPSA) is 15.3 Å². The summed E-state index contributed by atoms with van der Waals surface area (Å²) < 4.78 is 0. The normalized spacial score (nSPS) is 20.2. The van der Waals surface area contributed by atoms with Crippen molar-refractivity contribution in [3.05, 3.63) is 59.1 Å². The van der Waals surface area contributed by atoms with Crippen LogP contribution in [0.15, 0.2) is 58.3 Å². The largest absolute Gasteiger partial charge is 0.314 e. The summed E-state index contributed by atoms with van der Waals surface area (Å²) in [7, 11) is 0. The van der Waals surface area contributed by atoms with E-state index in [0.29, 0.717) is 6.04 Å². The smallest absolute Gasteiger partial charge is 0.0406 e. The maximum atomic E-state index is 6.04. The van der Waals surface area contributed by atoms with Crippen LogP contribution in [0.2, 0.25) is 5.02 Å². The molecule has 0 radical (unpaired) electrons. The van der Waals surface area contributed by atoms with Gasteiger partial charge >= 0.3 is 0 Å². The van der Waals surface area contributed by atoms with Crippen LogP contribution in [0.3, 0.4) is 0 Å². The molecule has 132 valence electrons. The van der Waals surface area contributed by atoms with E-state index >= 15 is 0 Å². The molecule has 2 aliphatic rings. The summed E-state index contributed by atoms with van der Waals surface area (Å²) in [5.41, 5.74) is 1.51. The first-order valence-corrected chi connectivity index (χ1v) is 10.5. The Balaban J connectivity index is 1.63. The van der Waals surface area contributed by atoms with Gasteiger partial charge in [-0.3, -0.25) is 4.90 Å². The molecule has 0 bridgehead atoms. The van der Waals surface area contributed by atoms with Crippen LogP contribution in [0.1, 0.15) is 30.9 Å². The summed E-state index contributed by atoms with van der Waals surface area (Å²) in [5, 5.41) is 4.29. The van der Waals surface area contributed by atoms with Gasteiger partial charge in [0.15, 0.2) is 0 Å². The molecule has 0 spiro atoms. The van der Waals surface area contributed by atoms with Crippen LogP contribution in [-0.4, -0.2) is 31.1 Å². The lowest BCUT2D eigenvalue weighted by Crippen LogP contribution is -2.48. The van der Waals surface area contributed by atoms with Crippen LogP contribution in [0, 0.1) is 5.92 Å². The molecule has 0 aromatic heterocycles. The standard InChI is InChI=1S/C21H25ClN2S/c22-17-8-10-18(11-9-17)25-20-7-2-1-6-19(20)21(16-4-3-5-16)24-14-12-23-13-15-24/h1-2,6-11,16,21,23H,3-5,12-15H2/t21-/m1/s1. The number of nitrogens with zero attached hydrogens (tertiary/aromatic N) is 1. The number of nitrogens with one attached hydrogen (secondary N) is 1. The molecule has 1 N–H and O–H groups in total. The molecule has 4 rings (SSSR count). The van der Waals surface area contributed by atoms with Gasteiger partial charge in [0.25, 0.3) is 0 Å².